The van der Waals surface area contributed by atoms with Gasteiger partial charge in [-0.1, -0.05) is 116 Å². The molecule has 0 radical (unpaired) electrons. The summed E-state index contributed by atoms with van der Waals surface area (Å²) in [6.07, 6.45) is 7.65. The van der Waals surface area contributed by atoms with E-state index in [1.54, 1.807) is 6.08 Å². The van der Waals surface area contributed by atoms with Crippen molar-refractivity contribution in [3.05, 3.63) is 163 Å². The van der Waals surface area contributed by atoms with Crippen LogP contribution in [0.5, 0.6) is 0 Å². The van der Waals surface area contributed by atoms with E-state index < -0.39 is 0 Å². The quantitative estimate of drug-likeness (QED) is 0.169. The summed E-state index contributed by atoms with van der Waals surface area (Å²) in [7, 11) is 0. The molecule has 0 atom stereocenters. The highest BCUT2D eigenvalue weighted by molar-refractivity contribution is 6.11. The molecule has 50 heavy (non-hydrogen) atoms. The summed E-state index contributed by atoms with van der Waals surface area (Å²) in [5.74, 6) is 2.85. The Kier molecular flexibility index (Phi) is 6.74. The molecule has 6 heteroatoms. The first-order valence-electron chi connectivity index (χ1n) is 16.9. The molecule has 1 aliphatic heterocycles. The zero-order chi connectivity index (χ0) is 34.0. The lowest BCUT2D eigenvalue weighted by Gasteiger charge is -2.17. The van der Waals surface area contributed by atoms with Gasteiger partial charge in [0.25, 0.3) is 0 Å². The number of aromatic nitrogens is 6. The van der Waals surface area contributed by atoms with Crippen LogP contribution in [-0.2, 0) is 5.41 Å². The van der Waals surface area contributed by atoms with Crippen molar-refractivity contribution < 1.29 is 0 Å². The molecule has 0 unspecified atom stereocenters. The minimum atomic E-state index is -0.194. The van der Waals surface area contributed by atoms with Gasteiger partial charge < -0.3 is 0 Å². The third kappa shape index (κ3) is 4.42. The smallest absolute Gasteiger partial charge is 0.238 e. The van der Waals surface area contributed by atoms with Crippen molar-refractivity contribution in [3.63, 3.8) is 0 Å². The Morgan fingerprint density at radius 1 is 0.680 bits per heavy atom. The average Bonchev–Trinajstić information content (AvgIpc) is 3.78. The monoisotopic (exact) mass is 646 g/mol. The van der Waals surface area contributed by atoms with Gasteiger partial charge in [-0.25, -0.2) is 9.97 Å². The number of hydrogen-bond acceptors (Lipinski definition) is 4. The lowest BCUT2D eigenvalue weighted by molar-refractivity contribution is 0.621. The molecule has 0 N–H and O–H groups in total. The molecule has 0 aliphatic carbocycles. The summed E-state index contributed by atoms with van der Waals surface area (Å²) in [4.78, 5) is 20.4. The molecule has 5 aromatic carbocycles. The molecule has 4 heterocycles. The van der Waals surface area contributed by atoms with Crippen molar-refractivity contribution in [2.24, 2.45) is 0 Å². The SMILES string of the molecule is C=C/C=C\C(=C/C)c1nc(-c2ccccc2)nc(-n2c3ccccc3c3cc(-c4cccc5c4nc4n5-c5ccccc5C4(C)C)ccc32)n1. The van der Waals surface area contributed by atoms with E-state index in [0.29, 0.717) is 17.6 Å². The van der Waals surface area contributed by atoms with Crippen LogP contribution in [0.2, 0.25) is 0 Å². The maximum atomic E-state index is 5.34. The maximum absolute atomic E-state index is 5.34. The zero-order valence-corrected chi connectivity index (χ0v) is 28.2. The molecule has 3 aromatic heterocycles. The van der Waals surface area contributed by atoms with Crippen LogP contribution in [0.3, 0.4) is 0 Å². The fraction of sp³-hybridized carbons (Fsp3) is 0.0909. The topological polar surface area (TPSA) is 61.4 Å². The Morgan fingerprint density at radius 3 is 2.28 bits per heavy atom. The normalized spacial score (nSPS) is 13.8. The minimum Gasteiger partial charge on any atom is -0.295 e. The van der Waals surface area contributed by atoms with Crippen LogP contribution in [0, 0.1) is 0 Å². The Bertz CT molecular complexity index is 2710. The lowest BCUT2D eigenvalue weighted by atomic mass is 9.85. The van der Waals surface area contributed by atoms with Crippen molar-refractivity contribution in [2.45, 2.75) is 26.2 Å². The van der Waals surface area contributed by atoms with Gasteiger partial charge in [-0.2, -0.15) is 9.97 Å². The Labute approximate surface area is 290 Å². The molecule has 6 nitrogen and oxygen atoms in total. The van der Waals surface area contributed by atoms with E-state index in [9.17, 15) is 0 Å². The fourth-order valence-corrected chi connectivity index (χ4v) is 7.45. The predicted octanol–water partition coefficient (Wildman–Crippen LogP) is 10.4. The van der Waals surface area contributed by atoms with Gasteiger partial charge in [0.2, 0.25) is 5.95 Å². The summed E-state index contributed by atoms with van der Waals surface area (Å²) in [5.41, 5.74) is 10.5. The second kappa shape index (κ2) is 11.3. The fourth-order valence-electron chi connectivity index (χ4n) is 7.45. The number of para-hydroxylation sites is 3. The van der Waals surface area contributed by atoms with Gasteiger partial charge in [-0.3, -0.25) is 9.13 Å². The number of hydrogen-bond donors (Lipinski definition) is 0. The first kappa shape index (κ1) is 29.7. The van der Waals surface area contributed by atoms with Crippen molar-refractivity contribution >= 4 is 38.4 Å². The van der Waals surface area contributed by atoms with E-state index in [1.165, 1.54) is 11.3 Å². The van der Waals surface area contributed by atoms with E-state index in [-0.39, 0.29) is 5.41 Å². The van der Waals surface area contributed by atoms with Gasteiger partial charge in [0.1, 0.15) is 5.82 Å². The van der Waals surface area contributed by atoms with Crippen LogP contribution in [0.1, 0.15) is 38.0 Å². The van der Waals surface area contributed by atoms with Crippen LogP contribution >= 0.6 is 0 Å². The summed E-state index contributed by atoms with van der Waals surface area (Å²) in [6, 6.07) is 40.4. The molecule has 1 aliphatic rings. The number of nitrogens with zero attached hydrogens (tertiary/aromatic N) is 6. The van der Waals surface area contributed by atoms with E-state index in [4.69, 9.17) is 19.9 Å². The largest absolute Gasteiger partial charge is 0.295 e. The molecule has 0 saturated heterocycles. The van der Waals surface area contributed by atoms with Gasteiger partial charge in [-0.15, -0.1) is 0 Å². The molecule has 0 bridgehead atoms. The standard InChI is InChI=1S/C44H34N6/c1-5-7-16-28(6-2)40-46-41(29-17-9-8-10-18-29)48-43(47-40)50-35-22-13-11-19-32(35)33-27-30(25-26-36(33)50)31-20-15-24-38-39(31)45-42-44(3,4)34-21-12-14-23-37(34)49(38)42/h5-27H,1H2,2-4H3/b16-7-,28-6+. The molecule has 9 rings (SSSR count). The number of fused-ring (bicyclic) bond motifs is 8. The van der Waals surface area contributed by atoms with Crippen LogP contribution in [0.25, 0.3) is 72.6 Å². The summed E-state index contributed by atoms with van der Waals surface area (Å²) in [6.45, 7) is 10.4. The van der Waals surface area contributed by atoms with E-state index in [1.807, 2.05) is 55.5 Å². The van der Waals surface area contributed by atoms with Gasteiger partial charge in [-0.05, 0) is 62.2 Å². The van der Waals surface area contributed by atoms with Crippen molar-refractivity contribution in [1.29, 1.82) is 0 Å². The van der Waals surface area contributed by atoms with Crippen LogP contribution < -0.4 is 0 Å². The van der Waals surface area contributed by atoms with Gasteiger partial charge >= 0.3 is 0 Å². The molecule has 8 aromatic rings. The molecule has 240 valence electrons. The zero-order valence-electron chi connectivity index (χ0n) is 28.2. The third-order valence-corrected chi connectivity index (χ3v) is 9.88. The van der Waals surface area contributed by atoms with Crippen molar-refractivity contribution in [3.8, 4) is 34.2 Å². The van der Waals surface area contributed by atoms with Crippen molar-refractivity contribution in [2.75, 3.05) is 0 Å². The Balaban J connectivity index is 1.26. The van der Waals surface area contributed by atoms with E-state index >= 15 is 0 Å². The molecule has 0 spiro atoms. The summed E-state index contributed by atoms with van der Waals surface area (Å²) < 4.78 is 4.49. The van der Waals surface area contributed by atoms with E-state index in [0.717, 1.165) is 60.9 Å². The second-order valence-electron chi connectivity index (χ2n) is 13.2. The lowest BCUT2D eigenvalue weighted by Crippen LogP contribution is -2.16. The van der Waals surface area contributed by atoms with E-state index in [2.05, 4.69) is 114 Å². The van der Waals surface area contributed by atoms with Crippen LogP contribution in [0.15, 0.2) is 146 Å². The maximum Gasteiger partial charge on any atom is 0.238 e. The molecular formula is C44H34N6. The van der Waals surface area contributed by atoms with Gasteiger partial charge in [0.05, 0.1) is 33.2 Å². The van der Waals surface area contributed by atoms with Gasteiger partial charge in [0.15, 0.2) is 11.6 Å². The number of rotatable bonds is 6. The highest BCUT2D eigenvalue weighted by atomic mass is 15.2. The Morgan fingerprint density at radius 2 is 1.44 bits per heavy atom. The average molecular weight is 647 g/mol. The first-order valence-corrected chi connectivity index (χ1v) is 16.9. The highest BCUT2D eigenvalue weighted by Crippen LogP contribution is 2.46. The first-order chi connectivity index (χ1) is 24.5. The number of imidazole rings is 1. The third-order valence-electron chi connectivity index (χ3n) is 9.88. The summed E-state index contributed by atoms with van der Waals surface area (Å²) >= 11 is 0. The molecular weight excluding hydrogens is 613 g/mol. The predicted molar refractivity (Wildman–Crippen MR) is 205 cm³/mol. The van der Waals surface area contributed by atoms with Crippen LogP contribution in [-0.4, -0.2) is 29.1 Å². The van der Waals surface area contributed by atoms with Gasteiger partial charge in [0, 0.05) is 27.5 Å². The molecule has 0 amide bonds. The van der Waals surface area contributed by atoms with Crippen LogP contribution in [0.4, 0.5) is 0 Å². The number of allylic oxidation sites excluding steroid dienone is 5. The Hall–Kier alpha value is -6.40. The van der Waals surface area contributed by atoms with Crippen molar-refractivity contribution in [1.82, 2.24) is 29.1 Å². The molecule has 0 fully saturated rings. The number of benzene rings is 5. The minimum absolute atomic E-state index is 0.194. The highest BCUT2D eigenvalue weighted by Gasteiger charge is 2.39. The second-order valence-corrected chi connectivity index (χ2v) is 13.2. The molecule has 0 saturated carbocycles. The summed E-state index contributed by atoms with van der Waals surface area (Å²) in [5, 5.41) is 2.24.